The maximum atomic E-state index is 4.46. The Kier molecular flexibility index (Phi) is 13.9. The van der Waals surface area contributed by atoms with Crippen LogP contribution in [-0.4, -0.2) is 63.2 Å². The third-order valence-electron chi connectivity index (χ3n) is 2.36. The second kappa shape index (κ2) is 11.6. The number of rotatable bonds is 8. The molecule has 0 atom stereocenters. The van der Waals surface area contributed by atoms with Gasteiger partial charge in [0, 0.05) is 0 Å². The Morgan fingerprint density at radius 3 is 1.50 bits per heavy atom. The number of likely N-dealkylation sites (N-methyl/N-ethyl adjacent to an activating group) is 2. The molecule has 0 aromatic heterocycles. The van der Waals surface area contributed by atoms with E-state index in [2.05, 4.69) is 43.1 Å². The zero-order valence-corrected chi connectivity index (χ0v) is 10.6. The van der Waals surface area contributed by atoms with E-state index in [4.69, 9.17) is 0 Å². The summed E-state index contributed by atoms with van der Waals surface area (Å²) in [6, 6.07) is 0. The Balaban J connectivity index is 0. The Hall–Kier alpha value is 0.477. The van der Waals surface area contributed by atoms with Gasteiger partial charge >= 0.3 is 18.9 Å². The van der Waals surface area contributed by atoms with Crippen LogP contribution in [0.25, 0.3) is 5.32 Å². The number of hydrogen-bond donors (Lipinski definition) is 0. The van der Waals surface area contributed by atoms with Crippen molar-refractivity contribution >= 4 is 0 Å². The van der Waals surface area contributed by atoms with Gasteiger partial charge in [-0.15, -0.1) is 13.1 Å². The molecule has 0 rings (SSSR count). The summed E-state index contributed by atoms with van der Waals surface area (Å²) < 4.78 is 0. The Morgan fingerprint density at radius 2 is 1.21 bits per heavy atom. The van der Waals surface area contributed by atoms with E-state index < -0.39 is 0 Å². The third kappa shape index (κ3) is 10.6. The molecule has 0 saturated heterocycles. The first-order valence-electron chi connectivity index (χ1n) is 5.21. The van der Waals surface area contributed by atoms with E-state index in [1.54, 1.807) is 0 Å². The van der Waals surface area contributed by atoms with E-state index in [-0.39, 0.29) is 18.9 Å². The van der Waals surface area contributed by atoms with Crippen LogP contribution in [-0.2, 0) is 0 Å². The van der Waals surface area contributed by atoms with Gasteiger partial charge in [-0.2, -0.15) is 0 Å². The summed E-state index contributed by atoms with van der Waals surface area (Å²) in [6.07, 6.45) is 0. The molecule has 14 heavy (non-hydrogen) atoms. The van der Waals surface area contributed by atoms with Gasteiger partial charge in [-0.05, 0) is 40.3 Å². The molecule has 0 aliphatic rings. The van der Waals surface area contributed by atoms with Crippen molar-refractivity contribution in [2.45, 2.75) is 13.8 Å². The fourth-order valence-corrected chi connectivity index (χ4v) is 0.911. The zero-order valence-electron chi connectivity index (χ0n) is 10.6. The first kappa shape index (κ1) is 16.9. The van der Waals surface area contributed by atoms with E-state index in [1.165, 1.54) is 0 Å². The summed E-state index contributed by atoms with van der Waals surface area (Å²) >= 11 is 0. The van der Waals surface area contributed by atoms with Crippen molar-refractivity contribution in [2.24, 2.45) is 0 Å². The SMILES string of the molecule is CCN(C)CC[N-]CCN(C)CC.[Li+]. The fourth-order valence-electron chi connectivity index (χ4n) is 0.911. The molecular weight excluding hydrogens is 169 g/mol. The van der Waals surface area contributed by atoms with Crippen molar-refractivity contribution in [2.75, 3.05) is 53.4 Å². The Morgan fingerprint density at radius 1 is 0.857 bits per heavy atom. The van der Waals surface area contributed by atoms with E-state index in [0.29, 0.717) is 0 Å². The fraction of sp³-hybridized carbons (Fsp3) is 1.00. The van der Waals surface area contributed by atoms with Gasteiger partial charge in [0.25, 0.3) is 0 Å². The minimum absolute atomic E-state index is 0. The summed E-state index contributed by atoms with van der Waals surface area (Å²) in [5.41, 5.74) is 0. The molecule has 0 aromatic rings. The predicted octanol–water partition coefficient (Wildman–Crippen LogP) is -1.73. The van der Waals surface area contributed by atoms with Crippen LogP contribution >= 0.6 is 0 Å². The van der Waals surface area contributed by atoms with E-state index in [1.807, 2.05) is 0 Å². The van der Waals surface area contributed by atoms with Crippen LogP contribution in [0.2, 0.25) is 0 Å². The molecule has 0 saturated carbocycles. The van der Waals surface area contributed by atoms with Crippen molar-refractivity contribution in [3.63, 3.8) is 0 Å². The van der Waals surface area contributed by atoms with Crippen molar-refractivity contribution in [1.82, 2.24) is 9.80 Å². The van der Waals surface area contributed by atoms with Crippen molar-refractivity contribution < 1.29 is 18.9 Å². The largest absolute Gasteiger partial charge is 1.00 e. The monoisotopic (exact) mass is 193 g/mol. The second-order valence-corrected chi connectivity index (χ2v) is 3.46. The van der Waals surface area contributed by atoms with Gasteiger partial charge in [-0.25, -0.2) is 0 Å². The molecule has 0 amide bonds. The molecule has 0 bridgehead atoms. The normalized spacial score (nSPS) is 10.7. The second-order valence-electron chi connectivity index (χ2n) is 3.46. The Labute approximate surface area is 101 Å². The van der Waals surface area contributed by atoms with E-state index in [0.717, 1.165) is 39.3 Å². The molecule has 3 nitrogen and oxygen atoms in total. The maximum absolute atomic E-state index is 4.46. The molecule has 0 heterocycles. The van der Waals surface area contributed by atoms with Gasteiger partial charge < -0.3 is 15.1 Å². The van der Waals surface area contributed by atoms with E-state index >= 15 is 0 Å². The van der Waals surface area contributed by atoms with Crippen LogP contribution in [0, 0.1) is 0 Å². The summed E-state index contributed by atoms with van der Waals surface area (Å²) in [7, 11) is 4.27. The standard InChI is InChI=1S/C10H24N3.Li/c1-5-12(3)9-7-11-8-10-13(4)6-2;/h5-10H2,1-4H3;/q-1;+1. The number of nitrogens with zero attached hydrogens (tertiary/aromatic N) is 3. The molecule has 0 aliphatic heterocycles. The van der Waals surface area contributed by atoms with Crippen molar-refractivity contribution in [3.8, 4) is 0 Å². The molecule has 0 radical (unpaired) electrons. The number of hydrogen-bond acceptors (Lipinski definition) is 2. The van der Waals surface area contributed by atoms with Gasteiger partial charge in [-0.1, -0.05) is 13.8 Å². The van der Waals surface area contributed by atoms with Crippen molar-refractivity contribution in [3.05, 3.63) is 5.32 Å². The average Bonchev–Trinajstić information content (AvgIpc) is 2.16. The third-order valence-corrected chi connectivity index (χ3v) is 2.36. The van der Waals surface area contributed by atoms with E-state index in [9.17, 15) is 0 Å². The van der Waals surface area contributed by atoms with Gasteiger partial charge in [-0.3, -0.25) is 0 Å². The molecule has 0 unspecified atom stereocenters. The molecule has 0 aliphatic carbocycles. The molecule has 0 N–H and O–H groups in total. The smallest absolute Gasteiger partial charge is 0.660 e. The predicted molar refractivity (Wildman–Crippen MR) is 59.4 cm³/mol. The molecule has 4 heteroatoms. The average molecular weight is 193 g/mol. The minimum atomic E-state index is 0. The summed E-state index contributed by atoms with van der Waals surface area (Å²) in [4.78, 5) is 4.57. The van der Waals surface area contributed by atoms with Crippen LogP contribution in [0.1, 0.15) is 13.8 Å². The quantitative estimate of drug-likeness (QED) is 0.337. The van der Waals surface area contributed by atoms with Crippen LogP contribution < -0.4 is 18.9 Å². The Bertz CT molecular complexity index is 99.5. The topological polar surface area (TPSA) is 20.6 Å². The molecular formula is C10H24LiN3. The maximum Gasteiger partial charge on any atom is 1.00 e. The van der Waals surface area contributed by atoms with Gasteiger partial charge in [0.2, 0.25) is 0 Å². The summed E-state index contributed by atoms with van der Waals surface area (Å²) in [6.45, 7) is 10.7. The molecule has 80 valence electrons. The van der Waals surface area contributed by atoms with Crippen LogP contribution in [0.15, 0.2) is 0 Å². The van der Waals surface area contributed by atoms with Gasteiger partial charge in [0.15, 0.2) is 0 Å². The summed E-state index contributed by atoms with van der Waals surface area (Å²) in [5, 5.41) is 4.46. The first-order chi connectivity index (χ1) is 6.20. The molecule has 0 aromatic carbocycles. The zero-order chi connectivity index (χ0) is 10.1. The van der Waals surface area contributed by atoms with Gasteiger partial charge in [0.1, 0.15) is 0 Å². The van der Waals surface area contributed by atoms with Crippen LogP contribution in [0.3, 0.4) is 0 Å². The first-order valence-corrected chi connectivity index (χ1v) is 5.21. The molecule has 0 fully saturated rings. The van der Waals surface area contributed by atoms with Crippen LogP contribution in [0.4, 0.5) is 0 Å². The van der Waals surface area contributed by atoms with Crippen molar-refractivity contribution in [1.29, 1.82) is 0 Å². The van der Waals surface area contributed by atoms with Crippen LogP contribution in [0.5, 0.6) is 0 Å². The molecule has 0 spiro atoms. The minimum Gasteiger partial charge on any atom is -0.660 e. The van der Waals surface area contributed by atoms with Gasteiger partial charge in [0.05, 0.1) is 0 Å². The summed E-state index contributed by atoms with van der Waals surface area (Å²) in [5.74, 6) is 0.